The first-order valence-electron chi connectivity index (χ1n) is 33.5. The lowest BCUT2D eigenvalue weighted by atomic mass is 9.85. The van der Waals surface area contributed by atoms with Crippen LogP contribution in [-0.4, -0.2) is 151 Å². The fourth-order valence-electron chi connectivity index (χ4n) is 13.4. The van der Waals surface area contributed by atoms with Crippen LogP contribution in [0.15, 0.2) is 115 Å². The lowest BCUT2D eigenvalue weighted by Gasteiger charge is -2.35. The molecule has 2 aliphatic carbocycles. The number of fused-ring (bicyclic) bond motifs is 3. The zero-order valence-electron chi connectivity index (χ0n) is 55.6. The smallest absolute Gasteiger partial charge is 0.407 e. The zero-order valence-corrected chi connectivity index (χ0v) is 56.4. The summed E-state index contributed by atoms with van der Waals surface area (Å²) in [5.74, 6) is -2.88. The summed E-state index contributed by atoms with van der Waals surface area (Å²) in [6, 6.07) is 31.0. The number of carbonyl (C=O) groups excluding carboxylic acids is 7. The Labute approximate surface area is 568 Å². The lowest BCUT2D eigenvalue weighted by Crippen LogP contribution is -2.59. The molecule has 2 fully saturated rings. The van der Waals surface area contributed by atoms with E-state index in [4.69, 9.17) is 29.4 Å². The molecule has 0 spiro atoms. The summed E-state index contributed by atoms with van der Waals surface area (Å²) in [7, 11) is 0. The zero-order chi connectivity index (χ0) is 68.5. The molecule has 0 unspecified atom stereocenters. The molecule has 0 bridgehead atoms. The van der Waals surface area contributed by atoms with Crippen LogP contribution < -0.4 is 36.6 Å². The number of hydrogen-bond donors (Lipinski definition) is 6. The summed E-state index contributed by atoms with van der Waals surface area (Å²) in [4.78, 5) is 104. The van der Waals surface area contributed by atoms with Gasteiger partial charge in [-0.05, 0) is 120 Å². The maximum atomic E-state index is 14.7. The van der Waals surface area contributed by atoms with E-state index >= 15 is 0 Å². The first-order chi connectivity index (χ1) is 46.6. The van der Waals surface area contributed by atoms with Crippen LogP contribution in [0, 0.1) is 12.3 Å². The van der Waals surface area contributed by atoms with Gasteiger partial charge in [0.15, 0.2) is 5.67 Å². The van der Waals surface area contributed by atoms with Crippen molar-refractivity contribution in [3.63, 3.8) is 0 Å². The number of carbonyl (C=O) groups is 7. The molecule has 5 aromatic carbocycles. The van der Waals surface area contributed by atoms with E-state index in [0.717, 1.165) is 73.5 Å². The highest BCUT2D eigenvalue weighted by atomic mass is 32.1. The second-order valence-corrected chi connectivity index (χ2v) is 27.8. The molecular weight excluding hydrogens is 1260 g/mol. The molecule has 1 saturated heterocycles. The summed E-state index contributed by atoms with van der Waals surface area (Å²) < 4.78 is 45.0. The second-order valence-electron chi connectivity index (χ2n) is 27.0. The number of nitrogens with one attached hydrogen (secondary N) is 4. The average molecular weight is 1350 g/mol. The van der Waals surface area contributed by atoms with Crippen LogP contribution in [0.5, 0.6) is 5.75 Å². The van der Waals surface area contributed by atoms with Crippen LogP contribution in [0.4, 0.5) is 14.9 Å². The number of nitrogens with two attached hydrogens (primary N) is 1. The van der Waals surface area contributed by atoms with Crippen molar-refractivity contribution < 1.29 is 66.7 Å². The predicted molar refractivity (Wildman–Crippen MR) is 363 cm³/mol. The second kappa shape index (κ2) is 30.9. The first kappa shape index (κ1) is 69.7. The Morgan fingerprint density at radius 2 is 1.53 bits per heavy atom. The highest BCUT2D eigenvalue weighted by Gasteiger charge is 2.54. The van der Waals surface area contributed by atoms with Gasteiger partial charge < -0.3 is 60.7 Å². The molecular formula is C74H87FN8O13S. The van der Waals surface area contributed by atoms with Crippen LogP contribution in [0.2, 0.25) is 0 Å². The average Bonchev–Trinajstić information content (AvgIpc) is 1.62. The summed E-state index contributed by atoms with van der Waals surface area (Å²) in [5, 5.41) is 22.2. The van der Waals surface area contributed by atoms with E-state index in [9.17, 15) is 43.1 Å². The number of hydrogen-bond acceptors (Lipinski definition) is 15. The number of likely N-dealkylation sites (tertiary alicyclic amines) is 1. The van der Waals surface area contributed by atoms with Gasteiger partial charge in [-0.1, -0.05) is 124 Å². The van der Waals surface area contributed by atoms with E-state index in [1.54, 1.807) is 26.3 Å². The monoisotopic (exact) mass is 1350 g/mol. The Morgan fingerprint density at radius 3 is 2.22 bits per heavy atom. The molecule has 97 heavy (non-hydrogen) atoms. The summed E-state index contributed by atoms with van der Waals surface area (Å²) in [6.07, 6.45) is 0.764. The lowest BCUT2D eigenvalue weighted by molar-refractivity contribution is -0.145. The van der Waals surface area contributed by atoms with Crippen molar-refractivity contribution in [1.29, 1.82) is 0 Å². The topological polar surface area (TPSA) is 279 Å². The molecule has 11 rings (SSSR count). The highest BCUT2D eigenvalue weighted by Crippen LogP contribution is 2.45. The van der Waals surface area contributed by atoms with Crippen molar-refractivity contribution in [1.82, 2.24) is 31.2 Å². The Balaban J connectivity index is 0.608. The van der Waals surface area contributed by atoms with Crippen molar-refractivity contribution >= 4 is 58.6 Å². The number of aryl methyl sites for hydroxylation is 3. The molecule has 3 aliphatic heterocycles. The maximum absolute atomic E-state index is 14.7. The number of aliphatic hydroxyl groups is 1. The van der Waals surface area contributed by atoms with Gasteiger partial charge in [0.2, 0.25) is 29.5 Å². The number of aliphatic hydroxyl groups excluding tert-OH is 1. The van der Waals surface area contributed by atoms with Crippen LogP contribution in [-0.2, 0) is 80.1 Å². The van der Waals surface area contributed by atoms with Crippen molar-refractivity contribution in [2.75, 3.05) is 51.1 Å². The molecule has 21 nitrogen and oxygen atoms in total. The van der Waals surface area contributed by atoms with Gasteiger partial charge in [0.1, 0.15) is 43.1 Å². The molecule has 7 N–H and O–H groups in total. The summed E-state index contributed by atoms with van der Waals surface area (Å²) in [5.41, 5.74) is 15.8. The Morgan fingerprint density at radius 1 is 0.835 bits per heavy atom. The Hall–Kier alpha value is -8.61. The highest BCUT2D eigenvalue weighted by molar-refractivity contribution is 7.13. The molecule has 23 heteroatoms. The van der Waals surface area contributed by atoms with Crippen molar-refractivity contribution in [2.24, 2.45) is 11.1 Å². The standard InChI is InChI=1S/C74H87FN8O13S/c1-44-65(97-43-78-44)50-23-24-51(39-77-67(86)60-38-52(84)40-82(60)70(89)66(73(3,4)5)81-71(90)74(75)29-30-74)62(37-50)94-35-34-93-33-32-92-31-11-12-46-19-21-47(22-20-46)41-95-45(2)58(27-28-63(76)85)79-68(87)61-36-49-14-10-13-48-25-26-59(69(88)83(61)64(48)49)80-72(91)96-42-57-55-17-8-6-15-53(55)54-16-7-9-18-56(54)57/h6-10,13-24,37,43,45,52,57-61,66,84H,11-12,25-36,38-42H2,1-5H3,(H2,76,85)(H,77,86)(H,79,87)(H,80,91)(H,81,90)/t45-,52-,58+,59+,60+,61+,66-/m1/s1. The molecule has 5 aliphatic rings. The summed E-state index contributed by atoms with van der Waals surface area (Å²) in [6.45, 7) is 10.9. The largest absolute Gasteiger partial charge is 0.491 e. The number of nitrogens with zero attached hydrogens (tertiary/aromatic N) is 3. The van der Waals surface area contributed by atoms with Gasteiger partial charge in [-0.15, -0.1) is 11.3 Å². The molecule has 1 aromatic heterocycles. The number of ether oxygens (including phenoxy) is 5. The number of aromatic nitrogens is 1. The van der Waals surface area contributed by atoms with E-state index in [1.165, 1.54) is 21.1 Å². The van der Waals surface area contributed by atoms with Crippen LogP contribution in [0.3, 0.4) is 0 Å². The van der Waals surface area contributed by atoms with E-state index in [1.807, 2.05) is 111 Å². The Bertz CT molecular complexity index is 3810. The molecule has 514 valence electrons. The third kappa shape index (κ3) is 16.7. The van der Waals surface area contributed by atoms with Gasteiger partial charge in [0.25, 0.3) is 5.91 Å². The van der Waals surface area contributed by atoms with Gasteiger partial charge >= 0.3 is 6.09 Å². The van der Waals surface area contributed by atoms with Crippen LogP contribution in [0.25, 0.3) is 21.6 Å². The van der Waals surface area contributed by atoms with Crippen molar-refractivity contribution in [2.45, 2.75) is 166 Å². The number of primary amides is 1. The molecule has 4 heterocycles. The van der Waals surface area contributed by atoms with E-state index < -0.39 is 95.0 Å². The molecule has 0 radical (unpaired) electrons. The quantitative estimate of drug-likeness (QED) is 0.0232. The number of β-amino-alcohol motifs (C(OH)–C–C–N with tert-alkyl or cyclic N) is 1. The Kier molecular flexibility index (Phi) is 22.2. The number of thiazole rings is 1. The molecule has 1 saturated carbocycles. The van der Waals surface area contributed by atoms with Gasteiger partial charge in [0.05, 0.1) is 66.4 Å². The molecule has 7 amide bonds. The number of para-hydroxylation sites is 1. The predicted octanol–water partition coefficient (Wildman–Crippen LogP) is 8.24. The van der Waals surface area contributed by atoms with Crippen molar-refractivity contribution in [3.8, 4) is 27.3 Å². The summed E-state index contributed by atoms with van der Waals surface area (Å²) >= 11 is 1.50. The SMILES string of the molecule is Cc1ncsc1-c1ccc(CNC(=O)[C@@H]2C[C@@H](O)CN2C(=O)[C@@H](NC(=O)C2(F)CC2)C(C)(C)C)c(OCCOCCOCCCc2ccc(CO[C@H](C)[C@H](CCC(N)=O)NC(=O)[C@@H]3Cc4cccc5c4N3C(=O)[C@@H](NC(=O)OCC3c4ccccc4-c4ccccc43)CC5)cc2)c1. The third-order valence-corrected chi connectivity index (χ3v) is 19.9. The van der Waals surface area contributed by atoms with Gasteiger partial charge in [0, 0.05) is 50.4 Å². The number of benzene rings is 5. The number of rotatable bonds is 30. The minimum absolute atomic E-state index is 0.000101. The van der Waals surface area contributed by atoms with Gasteiger partial charge in [-0.25, -0.2) is 14.2 Å². The van der Waals surface area contributed by atoms with Crippen LogP contribution >= 0.6 is 11.3 Å². The third-order valence-electron chi connectivity index (χ3n) is 19.0. The normalized spacial score (nSPS) is 19.2. The number of amides is 7. The first-order valence-corrected chi connectivity index (χ1v) is 34.4. The van der Waals surface area contributed by atoms with Gasteiger partial charge in [-0.3, -0.25) is 33.7 Å². The molecule has 7 atom stereocenters. The number of alkyl carbamates (subject to hydrolysis) is 1. The number of halogens is 1. The van der Waals surface area contributed by atoms with Gasteiger partial charge in [-0.2, -0.15) is 0 Å². The fraction of sp³-hybridized carbons (Fsp3) is 0.459. The maximum Gasteiger partial charge on any atom is 0.407 e. The van der Waals surface area contributed by atoms with Crippen LogP contribution in [0.1, 0.15) is 123 Å². The number of anilines is 1. The fourth-order valence-corrected chi connectivity index (χ4v) is 14.2. The van der Waals surface area contributed by atoms with E-state index in [-0.39, 0.29) is 84.0 Å². The van der Waals surface area contributed by atoms with E-state index in [2.05, 4.69) is 38.4 Å². The molecule has 6 aromatic rings. The van der Waals surface area contributed by atoms with E-state index in [0.29, 0.717) is 49.7 Å². The number of alkyl halides is 1. The minimum Gasteiger partial charge on any atom is -0.491 e. The minimum atomic E-state index is -1.99. The van der Waals surface area contributed by atoms with Crippen molar-refractivity contribution in [3.05, 3.63) is 159 Å².